The minimum atomic E-state index is -0.261. The second-order valence-electron chi connectivity index (χ2n) is 7.77. The summed E-state index contributed by atoms with van der Waals surface area (Å²) >= 11 is 3.60. The van der Waals surface area contributed by atoms with Gasteiger partial charge in [-0.05, 0) is 41.7 Å². The molecule has 0 saturated carbocycles. The van der Waals surface area contributed by atoms with Crippen LogP contribution in [0.4, 0.5) is 0 Å². The van der Waals surface area contributed by atoms with Crippen LogP contribution in [-0.2, 0) is 9.54 Å². The van der Waals surface area contributed by atoms with Crippen LogP contribution >= 0.6 is 23.5 Å². The third-order valence-electron chi connectivity index (χ3n) is 5.75. The van der Waals surface area contributed by atoms with Crippen molar-refractivity contribution in [2.45, 2.75) is 42.1 Å². The van der Waals surface area contributed by atoms with Crippen LogP contribution in [0.15, 0.2) is 91.0 Å². The summed E-state index contributed by atoms with van der Waals surface area (Å²) in [5.41, 5.74) is 3.91. The molecule has 1 unspecified atom stereocenters. The predicted octanol–water partition coefficient (Wildman–Crippen LogP) is 7.30. The summed E-state index contributed by atoms with van der Waals surface area (Å²) in [6.45, 7) is 0. The van der Waals surface area contributed by atoms with Crippen molar-refractivity contribution in [2.75, 3.05) is 5.75 Å². The maximum atomic E-state index is 12.1. The van der Waals surface area contributed by atoms with Crippen molar-refractivity contribution < 1.29 is 4.79 Å². The minimum absolute atomic E-state index is 0.261. The molecule has 0 aromatic heterocycles. The van der Waals surface area contributed by atoms with Crippen molar-refractivity contribution in [1.82, 2.24) is 0 Å². The van der Waals surface area contributed by atoms with Gasteiger partial charge in [-0.15, -0.1) is 11.8 Å². The van der Waals surface area contributed by atoms with Crippen molar-refractivity contribution in [3.05, 3.63) is 108 Å². The van der Waals surface area contributed by atoms with Crippen molar-refractivity contribution in [2.24, 2.45) is 0 Å². The fraction of sp³-hybridized carbons (Fsp3) is 0.296. The molecule has 30 heavy (non-hydrogen) atoms. The quantitative estimate of drug-likeness (QED) is 0.365. The Labute approximate surface area is 188 Å². The molecule has 1 aliphatic rings. The van der Waals surface area contributed by atoms with Gasteiger partial charge in [0.2, 0.25) is 0 Å². The molecule has 1 heterocycles. The van der Waals surface area contributed by atoms with E-state index in [0.717, 1.165) is 31.4 Å². The zero-order chi connectivity index (χ0) is 20.7. The van der Waals surface area contributed by atoms with E-state index >= 15 is 0 Å². The largest absolute Gasteiger partial charge is 0.287 e. The molecule has 0 bridgehead atoms. The van der Waals surface area contributed by atoms with Gasteiger partial charge < -0.3 is 0 Å². The summed E-state index contributed by atoms with van der Waals surface area (Å²) in [6.07, 6.45) is 5.20. The average Bonchev–Trinajstić information content (AvgIpc) is 3.02. The Bertz CT molecular complexity index is 828. The molecule has 3 aromatic carbocycles. The smallest absolute Gasteiger partial charge is 0.189 e. The van der Waals surface area contributed by atoms with E-state index in [1.54, 1.807) is 11.8 Å². The Balaban J connectivity index is 1.69. The molecule has 1 saturated heterocycles. The van der Waals surface area contributed by atoms with Gasteiger partial charge in [0, 0.05) is 11.7 Å². The van der Waals surface area contributed by atoms with Crippen LogP contribution in [0.5, 0.6) is 0 Å². The van der Waals surface area contributed by atoms with Crippen LogP contribution < -0.4 is 0 Å². The Morgan fingerprint density at radius 2 is 1.27 bits per heavy atom. The molecule has 0 spiro atoms. The van der Waals surface area contributed by atoms with Crippen molar-refractivity contribution in [3.63, 3.8) is 0 Å². The van der Waals surface area contributed by atoms with Gasteiger partial charge in [0.1, 0.15) is 0 Å². The Hall–Kier alpha value is -1.97. The lowest BCUT2D eigenvalue weighted by molar-refractivity contribution is -0.111. The lowest BCUT2D eigenvalue weighted by Gasteiger charge is -2.36. The Morgan fingerprint density at radius 3 is 1.77 bits per heavy atom. The third-order valence-corrected chi connectivity index (χ3v) is 8.61. The second kappa shape index (κ2) is 10.4. The fourth-order valence-electron chi connectivity index (χ4n) is 4.26. The fourth-order valence-corrected chi connectivity index (χ4v) is 7.18. The zero-order valence-electron chi connectivity index (χ0n) is 17.2. The first-order valence-electron chi connectivity index (χ1n) is 10.8. The third kappa shape index (κ3) is 4.84. The van der Waals surface area contributed by atoms with E-state index in [4.69, 9.17) is 0 Å². The molecule has 0 radical (unpaired) electrons. The predicted molar refractivity (Wildman–Crippen MR) is 131 cm³/mol. The van der Waals surface area contributed by atoms with E-state index in [1.165, 1.54) is 23.1 Å². The molecule has 1 nitrogen and oxygen atoms in total. The van der Waals surface area contributed by atoms with Crippen LogP contribution in [0.3, 0.4) is 0 Å². The van der Waals surface area contributed by atoms with Gasteiger partial charge >= 0.3 is 0 Å². The first-order valence-corrected chi connectivity index (χ1v) is 12.7. The summed E-state index contributed by atoms with van der Waals surface area (Å²) in [7, 11) is 0. The number of thioether (sulfide) groups is 2. The molecule has 1 aliphatic heterocycles. The first kappa shape index (κ1) is 21.3. The van der Waals surface area contributed by atoms with Crippen molar-refractivity contribution in [3.8, 4) is 0 Å². The number of hydrogen-bond donors (Lipinski definition) is 0. The zero-order valence-corrected chi connectivity index (χ0v) is 18.8. The summed E-state index contributed by atoms with van der Waals surface area (Å²) in [4.78, 5) is 12.1. The van der Waals surface area contributed by atoms with Gasteiger partial charge in [-0.1, -0.05) is 109 Å². The molecule has 0 amide bonds. The van der Waals surface area contributed by atoms with Gasteiger partial charge in [0.15, 0.2) is 5.12 Å². The number of rotatable bonds is 7. The topological polar surface area (TPSA) is 17.1 Å². The number of carbonyl (C=O) groups excluding carboxylic acids is 1. The van der Waals surface area contributed by atoms with E-state index in [-0.39, 0.29) is 4.75 Å². The highest BCUT2D eigenvalue weighted by atomic mass is 32.2. The Kier molecular flexibility index (Phi) is 7.35. The molecule has 4 rings (SSSR count). The molecule has 1 atom stereocenters. The SMILES string of the molecule is O=C1CCCCC(CCSC(c2ccccc2)(c2ccccc2)c2ccccc2)S1. The monoisotopic (exact) mass is 432 g/mol. The summed E-state index contributed by atoms with van der Waals surface area (Å²) < 4.78 is -0.261. The molecule has 0 N–H and O–H groups in total. The van der Waals surface area contributed by atoms with Crippen LogP contribution in [0.25, 0.3) is 0 Å². The average molecular weight is 433 g/mol. The van der Waals surface area contributed by atoms with Gasteiger partial charge in [0.25, 0.3) is 0 Å². The van der Waals surface area contributed by atoms with Crippen LogP contribution in [0.2, 0.25) is 0 Å². The molecule has 0 aliphatic carbocycles. The highest BCUT2D eigenvalue weighted by molar-refractivity contribution is 8.14. The molecule has 154 valence electrons. The second-order valence-corrected chi connectivity index (χ2v) is 10.4. The molecular weight excluding hydrogens is 404 g/mol. The number of benzene rings is 3. The normalized spacial score (nSPS) is 17.5. The lowest BCUT2D eigenvalue weighted by atomic mass is 9.84. The number of carbonyl (C=O) groups is 1. The van der Waals surface area contributed by atoms with E-state index in [9.17, 15) is 4.79 Å². The molecule has 1 fully saturated rings. The lowest BCUT2D eigenvalue weighted by Crippen LogP contribution is -2.26. The van der Waals surface area contributed by atoms with Gasteiger partial charge in [-0.2, -0.15) is 0 Å². The molecular formula is C27H28OS2. The highest BCUT2D eigenvalue weighted by Gasteiger charge is 2.37. The van der Waals surface area contributed by atoms with Crippen LogP contribution in [0.1, 0.15) is 48.8 Å². The maximum absolute atomic E-state index is 12.1. The van der Waals surface area contributed by atoms with Crippen molar-refractivity contribution >= 4 is 28.6 Å². The first-order chi connectivity index (χ1) is 14.8. The van der Waals surface area contributed by atoms with Gasteiger partial charge in [0.05, 0.1) is 4.75 Å². The van der Waals surface area contributed by atoms with Gasteiger partial charge in [-0.25, -0.2) is 0 Å². The van der Waals surface area contributed by atoms with Crippen LogP contribution in [0, 0.1) is 0 Å². The molecule has 3 heteroatoms. The highest BCUT2D eigenvalue weighted by Crippen LogP contribution is 2.49. The summed E-state index contributed by atoms with van der Waals surface area (Å²) in [6, 6.07) is 32.6. The van der Waals surface area contributed by atoms with E-state index < -0.39 is 0 Å². The maximum Gasteiger partial charge on any atom is 0.189 e. The minimum Gasteiger partial charge on any atom is -0.287 e. The molecule has 3 aromatic rings. The van der Waals surface area contributed by atoms with Gasteiger partial charge in [-0.3, -0.25) is 4.79 Å². The summed E-state index contributed by atoms with van der Waals surface area (Å²) in [5, 5.41) is 0.829. The van der Waals surface area contributed by atoms with E-state index in [0.29, 0.717) is 10.4 Å². The number of hydrogen-bond acceptors (Lipinski definition) is 3. The standard InChI is InChI=1S/C27H28OS2/c28-26-19-11-10-18-25(30-26)20-21-29-27(22-12-4-1-5-13-22,23-14-6-2-7-15-23)24-16-8-3-9-17-24/h1-9,12-17,25H,10-11,18-21H2. The van der Waals surface area contributed by atoms with E-state index in [2.05, 4.69) is 91.0 Å². The van der Waals surface area contributed by atoms with Crippen molar-refractivity contribution in [1.29, 1.82) is 0 Å². The summed E-state index contributed by atoms with van der Waals surface area (Å²) in [5.74, 6) is 1.02. The van der Waals surface area contributed by atoms with E-state index in [1.807, 2.05) is 11.8 Å². The Morgan fingerprint density at radius 1 is 0.767 bits per heavy atom. The van der Waals surface area contributed by atoms with Crippen LogP contribution in [-0.4, -0.2) is 16.1 Å².